The number of hydrogen-bond acceptors (Lipinski definition) is 5. The van der Waals surface area contributed by atoms with Crippen molar-refractivity contribution in [1.29, 1.82) is 5.26 Å². The zero-order valence-electron chi connectivity index (χ0n) is 12.8. The molecule has 5 heteroatoms. The molecule has 2 N–H and O–H groups in total. The molecule has 0 bridgehead atoms. The molecular weight excluding hydrogens is 290 g/mol. The molecule has 0 spiro atoms. The van der Waals surface area contributed by atoms with E-state index < -0.39 is 5.60 Å². The predicted molar refractivity (Wildman–Crippen MR) is 85.7 cm³/mol. The Morgan fingerprint density at radius 3 is 2.74 bits per heavy atom. The average molecular weight is 309 g/mol. The monoisotopic (exact) mass is 309 g/mol. The number of hydrogen-bond donors (Lipinski definition) is 2. The molecule has 3 rings (SSSR count). The first-order chi connectivity index (χ1) is 11.2. The van der Waals surface area contributed by atoms with Gasteiger partial charge in [0.05, 0.1) is 17.3 Å². The van der Waals surface area contributed by atoms with E-state index >= 15 is 0 Å². The second kappa shape index (κ2) is 6.78. The van der Waals surface area contributed by atoms with Crippen LogP contribution >= 0.6 is 0 Å². The molecule has 0 unspecified atom stereocenters. The first kappa shape index (κ1) is 15.5. The summed E-state index contributed by atoms with van der Waals surface area (Å²) in [5.41, 5.74) is 1.17. The lowest BCUT2D eigenvalue weighted by molar-refractivity contribution is 0.00130. The Morgan fingerprint density at radius 1 is 1.17 bits per heavy atom. The quantitative estimate of drug-likeness (QED) is 0.904. The van der Waals surface area contributed by atoms with Crippen LogP contribution in [0.4, 0.5) is 0 Å². The summed E-state index contributed by atoms with van der Waals surface area (Å²) < 4.78 is 5.72. The third kappa shape index (κ3) is 3.50. The maximum absolute atomic E-state index is 10.7. The van der Waals surface area contributed by atoms with E-state index in [9.17, 15) is 5.11 Å². The zero-order valence-corrected chi connectivity index (χ0v) is 12.8. The molecule has 1 aromatic heterocycles. The van der Waals surface area contributed by atoms with Crippen LogP contribution in [0.15, 0.2) is 42.5 Å². The molecule has 0 saturated carbocycles. The molecule has 118 valence electrons. The van der Waals surface area contributed by atoms with Gasteiger partial charge in [0.2, 0.25) is 5.88 Å². The fourth-order valence-corrected chi connectivity index (χ4v) is 2.76. The van der Waals surface area contributed by atoms with E-state index in [2.05, 4.69) is 16.4 Å². The van der Waals surface area contributed by atoms with Gasteiger partial charge in [-0.2, -0.15) is 5.26 Å². The minimum atomic E-state index is -0.894. The van der Waals surface area contributed by atoms with Crippen LogP contribution in [0.2, 0.25) is 0 Å². The highest BCUT2D eigenvalue weighted by Crippen LogP contribution is 2.30. The third-order valence-corrected chi connectivity index (χ3v) is 4.14. The number of pyridine rings is 1. The van der Waals surface area contributed by atoms with E-state index in [4.69, 9.17) is 10.00 Å². The number of benzene rings is 1. The Labute approximate surface area is 135 Å². The smallest absolute Gasteiger partial charge is 0.213 e. The minimum Gasteiger partial charge on any atom is -0.473 e. The zero-order chi connectivity index (χ0) is 16.1. The number of ether oxygens (including phenoxy) is 1. The van der Waals surface area contributed by atoms with Gasteiger partial charge in [0.15, 0.2) is 0 Å². The first-order valence-electron chi connectivity index (χ1n) is 7.73. The van der Waals surface area contributed by atoms with Crippen molar-refractivity contribution >= 4 is 0 Å². The predicted octanol–water partition coefficient (Wildman–Crippen LogP) is 2.10. The van der Waals surface area contributed by atoms with E-state index in [1.807, 2.05) is 30.3 Å². The van der Waals surface area contributed by atoms with Crippen molar-refractivity contribution in [1.82, 2.24) is 10.3 Å². The van der Waals surface area contributed by atoms with Crippen molar-refractivity contribution in [3.63, 3.8) is 0 Å². The summed E-state index contributed by atoms with van der Waals surface area (Å²) in [6.45, 7) is 1.83. The Morgan fingerprint density at radius 2 is 1.96 bits per heavy atom. The van der Waals surface area contributed by atoms with Gasteiger partial charge in [-0.3, -0.25) is 0 Å². The average Bonchev–Trinajstić information content (AvgIpc) is 2.61. The van der Waals surface area contributed by atoms with Crippen molar-refractivity contribution in [2.75, 3.05) is 13.1 Å². The van der Waals surface area contributed by atoms with Crippen molar-refractivity contribution in [2.24, 2.45) is 0 Å². The molecular formula is C18H19N3O2. The molecule has 1 aromatic carbocycles. The third-order valence-electron chi connectivity index (χ3n) is 4.14. The van der Waals surface area contributed by atoms with E-state index in [0.717, 1.165) is 18.7 Å². The molecule has 0 aliphatic carbocycles. The first-order valence-corrected chi connectivity index (χ1v) is 7.73. The molecule has 1 saturated heterocycles. The summed E-state index contributed by atoms with van der Waals surface area (Å²) in [4.78, 5) is 4.46. The highest BCUT2D eigenvalue weighted by Gasteiger charge is 2.32. The lowest BCUT2D eigenvalue weighted by Gasteiger charge is -2.32. The number of aliphatic hydroxyl groups is 1. The Hall–Kier alpha value is -2.42. The lowest BCUT2D eigenvalue weighted by Crippen LogP contribution is -2.40. The summed E-state index contributed by atoms with van der Waals surface area (Å²) >= 11 is 0. The molecule has 2 aromatic rings. The van der Waals surface area contributed by atoms with Crippen molar-refractivity contribution in [2.45, 2.75) is 25.0 Å². The summed E-state index contributed by atoms with van der Waals surface area (Å²) in [5.74, 6) is 0.460. The highest BCUT2D eigenvalue weighted by molar-refractivity contribution is 5.37. The normalized spacial score (nSPS) is 16.5. The van der Waals surface area contributed by atoms with Gasteiger partial charge in [-0.15, -0.1) is 0 Å². The van der Waals surface area contributed by atoms with Crippen molar-refractivity contribution in [3.05, 3.63) is 59.3 Å². The molecule has 0 amide bonds. The number of nitriles is 1. The van der Waals surface area contributed by atoms with Gasteiger partial charge in [0.25, 0.3) is 0 Å². The van der Waals surface area contributed by atoms with Gasteiger partial charge in [0, 0.05) is 11.6 Å². The SMILES string of the molecule is N#Cc1ccccc1COc1cccc(C2(O)CCNCC2)n1. The minimum absolute atomic E-state index is 0.278. The lowest BCUT2D eigenvalue weighted by atomic mass is 9.89. The van der Waals surface area contributed by atoms with Crippen LogP contribution < -0.4 is 10.1 Å². The number of nitrogens with one attached hydrogen (secondary N) is 1. The van der Waals surface area contributed by atoms with Crippen LogP contribution in [-0.4, -0.2) is 23.2 Å². The van der Waals surface area contributed by atoms with Crippen LogP contribution in [0.25, 0.3) is 0 Å². The standard InChI is InChI=1S/C18H19N3O2/c19-12-14-4-1-2-5-15(14)13-23-17-7-3-6-16(21-17)18(22)8-10-20-11-9-18/h1-7,20,22H,8-11,13H2. The number of piperidine rings is 1. The van der Waals surface area contributed by atoms with E-state index in [1.165, 1.54) is 0 Å². The maximum atomic E-state index is 10.7. The van der Waals surface area contributed by atoms with Gasteiger partial charge in [-0.1, -0.05) is 24.3 Å². The number of nitrogens with zero attached hydrogens (tertiary/aromatic N) is 2. The van der Waals surface area contributed by atoms with E-state index in [-0.39, 0.29) is 6.61 Å². The molecule has 2 heterocycles. The van der Waals surface area contributed by atoms with Crippen LogP contribution in [0.1, 0.15) is 29.7 Å². The molecule has 1 aliphatic heterocycles. The Kier molecular flexibility index (Phi) is 4.56. The molecule has 0 atom stereocenters. The molecule has 5 nitrogen and oxygen atoms in total. The van der Waals surface area contributed by atoms with Gasteiger partial charge in [-0.05, 0) is 38.1 Å². The number of rotatable bonds is 4. The second-order valence-corrected chi connectivity index (χ2v) is 5.70. The Balaban J connectivity index is 1.74. The fraction of sp³-hybridized carbons (Fsp3) is 0.333. The van der Waals surface area contributed by atoms with Crippen LogP contribution in [0.5, 0.6) is 5.88 Å². The summed E-state index contributed by atoms with van der Waals surface area (Å²) in [6.07, 6.45) is 1.28. The largest absolute Gasteiger partial charge is 0.473 e. The molecule has 1 fully saturated rings. The van der Waals surface area contributed by atoms with E-state index in [1.54, 1.807) is 12.1 Å². The van der Waals surface area contributed by atoms with E-state index in [0.29, 0.717) is 30.0 Å². The summed E-state index contributed by atoms with van der Waals surface area (Å²) in [7, 11) is 0. The van der Waals surface area contributed by atoms with Crippen molar-refractivity contribution < 1.29 is 9.84 Å². The topological polar surface area (TPSA) is 78.2 Å². The maximum Gasteiger partial charge on any atom is 0.213 e. The molecule has 23 heavy (non-hydrogen) atoms. The number of aromatic nitrogens is 1. The fourth-order valence-electron chi connectivity index (χ4n) is 2.76. The van der Waals surface area contributed by atoms with Gasteiger partial charge in [-0.25, -0.2) is 4.98 Å². The molecule has 1 aliphatic rings. The second-order valence-electron chi connectivity index (χ2n) is 5.70. The van der Waals surface area contributed by atoms with Gasteiger partial charge in [0.1, 0.15) is 12.2 Å². The van der Waals surface area contributed by atoms with Gasteiger partial charge < -0.3 is 15.2 Å². The van der Waals surface area contributed by atoms with Crippen molar-refractivity contribution in [3.8, 4) is 11.9 Å². The van der Waals surface area contributed by atoms with Crippen LogP contribution in [-0.2, 0) is 12.2 Å². The van der Waals surface area contributed by atoms with Crippen LogP contribution in [0.3, 0.4) is 0 Å². The Bertz CT molecular complexity index is 718. The summed E-state index contributed by atoms with van der Waals surface area (Å²) in [5, 5.41) is 23.1. The summed E-state index contributed by atoms with van der Waals surface area (Å²) in [6, 6.07) is 14.9. The molecule has 0 radical (unpaired) electrons. The van der Waals surface area contributed by atoms with Gasteiger partial charge >= 0.3 is 0 Å². The highest BCUT2D eigenvalue weighted by atomic mass is 16.5. The van der Waals surface area contributed by atoms with Crippen LogP contribution in [0, 0.1) is 11.3 Å².